The molecule has 0 aromatic heterocycles. The lowest BCUT2D eigenvalue weighted by molar-refractivity contribution is -0.147. The predicted octanol–water partition coefficient (Wildman–Crippen LogP) is 1.94. The van der Waals surface area contributed by atoms with Gasteiger partial charge in [0.1, 0.15) is 6.54 Å². The lowest BCUT2D eigenvalue weighted by Crippen LogP contribution is -2.39. The summed E-state index contributed by atoms with van der Waals surface area (Å²) in [7, 11) is 1.35. The van der Waals surface area contributed by atoms with E-state index in [4.69, 9.17) is 5.73 Å². The Morgan fingerprint density at radius 3 is 2.30 bits per heavy atom. The van der Waals surface area contributed by atoms with Crippen molar-refractivity contribution in [1.29, 1.82) is 0 Å². The summed E-state index contributed by atoms with van der Waals surface area (Å²) in [6.07, 6.45) is 5.23. The van der Waals surface area contributed by atoms with Gasteiger partial charge >= 0.3 is 5.97 Å². The number of esters is 1. The van der Waals surface area contributed by atoms with Gasteiger partial charge < -0.3 is 15.4 Å². The molecule has 0 saturated carbocycles. The van der Waals surface area contributed by atoms with Crippen LogP contribution in [0.1, 0.15) is 52.4 Å². The number of ether oxygens (including phenoxy) is 1. The molecule has 0 radical (unpaired) electrons. The van der Waals surface area contributed by atoms with Crippen LogP contribution in [0.25, 0.3) is 0 Å². The molecule has 0 saturated heterocycles. The molecule has 20 heavy (non-hydrogen) atoms. The molecule has 0 bridgehead atoms. The summed E-state index contributed by atoms with van der Waals surface area (Å²) < 4.78 is 4.67. The minimum absolute atomic E-state index is 0.0410. The van der Waals surface area contributed by atoms with Gasteiger partial charge in [0.15, 0.2) is 0 Å². The normalized spacial score (nSPS) is 10.7. The van der Waals surface area contributed by atoms with Gasteiger partial charge in [-0.15, -0.1) is 0 Å². The first-order valence-electron chi connectivity index (χ1n) is 7.63. The van der Waals surface area contributed by atoms with Gasteiger partial charge in [-0.05, 0) is 25.3 Å². The van der Waals surface area contributed by atoms with Gasteiger partial charge in [0, 0.05) is 13.0 Å². The third-order valence-electron chi connectivity index (χ3n) is 3.63. The van der Waals surface area contributed by atoms with E-state index in [1.54, 1.807) is 4.90 Å². The number of methoxy groups -OCH3 is 1. The van der Waals surface area contributed by atoms with Crippen molar-refractivity contribution in [1.82, 2.24) is 4.90 Å². The second-order valence-corrected chi connectivity index (χ2v) is 5.13. The van der Waals surface area contributed by atoms with Gasteiger partial charge in [-0.25, -0.2) is 0 Å². The SMILES string of the molecule is CCC(CC)CN(CC(=O)OC)C(=O)CCCCCN. The predicted molar refractivity (Wildman–Crippen MR) is 80.2 cm³/mol. The van der Waals surface area contributed by atoms with E-state index in [2.05, 4.69) is 18.6 Å². The molecule has 118 valence electrons. The van der Waals surface area contributed by atoms with Crippen LogP contribution in [0, 0.1) is 5.92 Å². The van der Waals surface area contributed by atoms with Crippen LogP contribution in [0.3, 0.4) is 0 Å². The van der Waals surface area contributed by atoms with Crippen LogP contribution in [0.15, 0.2) is 0 Å². The molecule has 0 fully saturated rings. The summed E-state index contributed by atoms with van der Waals surface area (Å²) in [4.78, 5) is 25.3. The van der Waals surface area contributed by atoms with Crippen LogP contribution in [0.2, 0.25) is 0 Å². The van der Waals surface area contributed by atoms with Crippen molar-refractivity contribution in [2.24, 2.45) is 11.7 Å². The molecule has 0 aliphatic rings. The van der Waals surface area contributed by atoms with Crippen LogP contribution >= 0.6 is 0 Å². The smallest absolute Gasteiger partial charge is 0.325 e. The van der Waals surface area contributed by atoms with Crippen molar-refractivity contribution < 1.29 is 14.3 Å². The summed E-state index contributed by atoms with van der Waals surface area (Å²) in [6, 6.07) is 0. The number of nitrogens with two attached hydrogens (primary N) is 1. The maximum atomic E-state index is 12.2. The Hall–Kier alpha value is -1.10. The average Bonchev–Trinajstić information content (AvgIpc) is 2.47. The molecule has 0 aliphatic carbocycles. The number of rotatable bonds is 11. The van der Waals surface area contributed by atoms with Crippen LogP contribution in [0.4, 0.5) is 0 Å². The first kappa shape index (κ1) is 18.9. The zero-order valence-electron chi connectivity index (χ0n) is 13.2. The van der Waals surface area contributed by atoms with Crippen LogP contribution in [-0.4, -0.2) is 43.5 Å². The number of amides is 1. The highest BCUT2D eigenvalue weighted by Gasteiger charge is 2.20. The number of carbonyl (C=O) groups excluding carboxylic acids is 2. The van der Waals surface area contributed by atoms with Gasteiger partial charge in [-0.2, -0.15) is 0 Å². The van der Waals surface area contributed by atoms with E-state index in [9.17, 15) is 9.59 Å². The zero-order chi connectivity index (χ0) is 15.4. The van der Waals surface area contributed by atoms with Crippen molar-refractivity contribution in [3.05, 3.63) is 0 Å². The largest absolute Gasteiger partial charge is 0.468 e. The molecule has 0 aromatic rings. The second-order valence-electron chi connectivity index (χ2n) is 5.13. The highest BCUT2D eigenvalue weighted by molar-refractivity contribution is 5.82. The van der Waals surface area contributed by atoms with E-state index in [0.717, 1.165) is 32.1 Å². The van der Waals surface area contributed by atoms with Gasteiger partial charge in [-0.1, -0.05) is 33.1 Å². The van der Waals surface area contributed by atoms with Crippen molar-refractivity contribution in [2.75, 3.05) is 26.7 Å². The van der Waals surface area contributed by atoms with E-state index in [0.29, 0.717) is 25.4 Å². The fourth-order valence-electron chi connectivity index (χ4n) is 2.09. The number of unbranched alkanes of at least 4 members (excludes halogenated alkanes) is 2. The van der Waals surface area contributed by atoms with Crippen molar-refractivity contribution in [3.63, 3.8) is 0 Å². The molecule has 0 unspecified atom stereocenters. The minimum atomic E-state index is -0.355. The van der Waals surface area contributed by atoms with Crippen LogP contribution in [-0.2, 0) is 14.3 Å². The number of nitrogens with zero attached hydrogens (tertiary/aromatic N) is 1. The third-order valence-corrected chi connectivity index (χ3v) is 3.63. The summed E-state index contributed by atoms with van der Waals surface area (Å²) >= 11 is 0. The average molecular weight is 286 g/mol. The Kier molecular flexibility index (Phi) is 11.1. The van der Waals surface area contributed by atoms with Gasteiger partial charge in [-0.3, -0.25) is 9.59 Å². The molecule has 0 aliphatic heterocycles. The van der Waals surface area contributed by atoms with Gasteiger partial charge in [0.2, 0.25) is 5.91 Å². The van der Waals surface area contributed by atoms with E-state index >= 15 is 0 Å². The Labute approximate surface area is 122 Å². The topological polar surface area (TPSA) is 72.6 Å². The van der Waals surface area contributed by atoms with Crippen molar-refractivity contribution in [2.45, 2.75) is 52.4 Å². The van der Waals surface area contributed by atoms with Gasteiger partial charge in [0.25, 0.3) is 0 Å². The fourth-order valence-corrected chi connectivity index (χ4v) is 2.09. The number of hydrogen-bond acceptors (Lipinski definition) is 4. The van der Waals surface area contributed by atoms with Crippen molar-refractivity contribution >= 4 is 11.9 Å². The molecule has 0 atom stereocenters. The molecule has 1 amide bonds. The monoisotopic (exact) mass is 286 g/mol. The van der Waals surface area contributed by atoms with Crippen LogP contribution in [0.5, 0.6) is 0 Å². The van der Waals surface area contributed by atoms with E-state index in [1.807, 2.05) is 0 Å². The molecule has 0 rings (SSSR count). The lowest BCUT2D eigenvalue weighted by atomic mass is 10.0. The Balaban J connectivity index is 4.41. The summed E-state index contributed by atoms with van der Waals surface area (Å²) in [5.74, 6) is 0.123. The summed E-state index contributed by atoms with van der Waals surface area (Å²) in [5, 5.41) is 0. The molecule has 5 heteroatoms. The molecular weight excluding hydrogens is 256 g/mol. The second kappa shape index (κ2) is 11.7. The quantitative estimate of drug-likeness (QED) is 0.465. The van der Waals surface area contributed by atoms with E-state index in [1.165, 1.54) is 7.11 Å². The molecule has 5 nitrogen and oxygen atoms in total. The molecule has 0 spiro atoms. The lowest BCUT2D eigenvalue weighted by Gasteiger charge is -2.25. The fraction of sp³-hybridized carbons (Fsp3) is 0.867. The molecule has 0 aromatic carbocycles. The zero-order valence-corrected chi connectivity index (χ0v) is 13.2. The Bertz CT molecular complexity index is 278. The third kappa shape index (κ3) is 8.15. The summed E-state index contributed by atoms with van der Waals surface area (Å²) in [6.45, 7) is 5.57. The Morgan fingerprint density at radius 2 is 1.80 bits per heavy atom. The van der Waals surface area contributed by atoms with E-state index in [-0.39, 0.29) is 18.4 Å². The maximum absolute atomic E-state index is 12.2. The highest BCUT2D eigenvalue weighted by Crippen LogP contribution is 2.12. The maximum Gasteiger partial charge on any atom is 0.325 e. The minimum Gasteiger partial charge on any atom is -0.468 e. The number of carbonyl (C=O) groups is 2. The molecular formula is C15H30N2O3. The molecule has 0 heterocycles. The van der Waals surface area contributed by atoms with Crippen LogP contribution < -0.4 is 5.73 Å². The highest BCUT2D eigenvalue weighted by atomic mass is 16.5. The standard InChI is InChI=1S/C15H30N2O3/c1-4-13(5-2)11-17(12-15(19)20-3)14(18)9-7-6-8-10-16/h13H,4-12,16H2,1-3H3. The van der Waals surface area contributed by atoms with Crippen molar-refractivity contribution in [3.8, 4) is 0 Å². The first-order valence-corrected chi connectivity index (χ1v) is 7.63. The number of hydrogen-bond donors (Lipinski definition) is 1. The van der Waals surface area contributed by atoms with Gasteiger partial charge in [0.05, 0.1) is 7.11 Å². The Morgan fingerprint density at radius 1 is 1.15 bits per heavy atom. The summed E-state index contributed by atoms with van der Waals surface area (Å²) in [5.41, 5.74) is 5.43. The van der Waals surface area contributed by atoms with E-state index < -0.39 is 0 Å². The first-order chi connectivity index (χ1) is 9.58. The molecule has 2 N–H and O–H groups in total.